The van der Waals surface area contributed by atoms with Crippen molar-refractivity contribution in [3.05, 3.63) is 46.6 Å². The molecule has 138 valence electrons. The number of nitrogens with zero attached hydrogens (tertiary/aromatic N) is 2. The number of amides is 4. The number of barbiturate groups is 1. The van der Waals surface area contributed by atoms with Gasteiger partial charge in [-0.05, 0) is 18.2 Å². The molecular formula is C17H13ClN4O5. The van der Waals surface area contributed by atoms with E-state index in [0.717, 1.165) is 0 Å². The number of carboxylic acid groups (broad SMARTS) is 1. The zero-order valence-corrected chi connectivity index (χ0v) is 14.5. The van der Waals surface area contributed by atoms with E-state index < -0.39 is 23.8 Å². The first kappa shape index (κ1) is 18.3. The molecular weight excluding hydrogens is 376 g/mol. The summed E-state index contributed by atoms with van der Waals surface area (Å²) in [5, 5.41) is 17.7. The predicted molar refractivity (Wildman–Crippen MR) is 94.6 cm³/mol. The van der Waals surface area contributed by atoms with Gasteiger partial charge >= 0.3 is 12.0 Å². The Morgan fingerprint density at radius 2 is 1.78 bits per heavy atom. The second-order valence-electron chi connectivity index (χ2n) is 5.64. The summed E-state index contributed by atoms with van der Waals surface area (Å²) in [7, 11) is 0. The van der Waals surface area contributed by atoms with Crippen molar-refractivity contribution < 1.29 is 24.3 Å². The first-order valence-corrected chi connectivity index (χ1v) is 8.15. The van der Waals surface area contributed by atoms with Crippen LogP contribution in [0, 0.1) is 0 Å². The van der Waals surface area contributed by atoms with Crippen LogP contribution in [-0.4, -0.2) is 38.7 Å². The molecule has 0 radical (unpaired) electrons. The molecule has 3 N–H and O–H groups in total. The molecule has 0 saturated carbocycles. The van der Waals surface area contributed by atoms with E-state index in [1.165, 1.54) is 17.0 Å². The van der Waals surface area contributed by atoms with Gasteiger partial charge in [0.2, 0.25) is 0 Å². The number of hydrogen-bond donors (Lipinski definition) is 3. The van der Waals surface area contributed by atoms with Crippen LogP contribution in [0.1, 0.15) is 12.0 Å². The summed E-state index contributed by atoms with van der Waals surface area (Å²) in [6.07, 6.45) is 2.68. The lowest BCUT2D eigenvalue weighted by Crippen LogP contribution is -2.51. The summed E-state index contributed by atoms with van der Waals surface area (Å²) in [6.45, 7) is 0.107. The van der Waals surface area contributed by atoms with Gasteiger partial charge in [0.25, 0.3) is 11.8 Å². The molecule has 2 aromatic rings. The molecule has 1 aliphatic rings. The SMILES string of the molecule is O=C(O)CCn1cc(C=C2C(=O)NC(=O)NC2=O)c(-c2ccc(Cl)cc2)n1. The van der Waals surface area contributed by atoms with Crippen LogP contribution in [0.4, 0.5) is 4.79 Å². The van der Waals surface area contributed by atoms with E-state index >= 15 is 0 Å². The normalized spacial score (nSPS) is 14.0. The molecule has 2 heterocycles. The third-order valence-electron chi connectivity index (χ3n) is 3.71. The second kappa shape index (κ2) is 7.42. The number of hydrogen-bond acceptors (Lipinski definition) is 5. The number of aryl methyl sites for hydroxylation is 1. The fourth-order valence-corrected chi connectivity index (χ4v) is 2.59. The Morgan fingerprint density at radius 1 is 1.15 bits per heavy atom. The van der Waals surface area contributed by atoms with Gasteiger partial charge in [-0.3, -0.25) is 29.7 Å². The molecule has 9 nitrogen and oxygen atoms in total. The van der Waals surface area contributed by atoms with E-state index in [4.69, 9.17) is 16.7 Å². The molecule has 0 aliphatic carbocycles. The van der Waals surface area contributed by atoms with Crippen LogP contribution in [0.15, 0.2) is 36.0 Å². The van der Waals surface area contributed by atoms with Gasteiger partial charge in [-0.25, -0.2) is 4.79 Å². The molecule has 1 saturated heterocycles. The van der Waals surface area contributed by atoms with Crippen molar-refractivity contribution in [3.63, 3.8) is 0 Å². The lowest BCUT2D eigenvalue weighted by Gasteiger charge is -2.13. The summed E-state index contributed by atoms with van der Waals surface area (Å²) in [5.41, 5.74) is 1.25. The van der Waals surface area contributed by atoms with Gasteiger partial charge in [0.1, 0.15) is 5.57 Å². The maximum absolute atomic E-state index is 12.0. The second-order valence-corrected chi connectivity index (χ2v) is 6.08. The Morgan fingerprint density at radius 3 is 2.37 bits per heavy atom. The summed E-state index contributed by atoms with van der Waals surface area (Å²) in [4.78, 5) is 45.9. The molecule has 0 bridgehead atoms. The van der Waals surface area contributed by atoms with Crippen molar-refractivity contribution in [3.8, 4) is 11.3 Å². The molecule has 0 unspecified atom stereocenters. The van der Waals surface area contributed by atoms with Crippen LogP contribution in [0.25, 0.3) is 17.3 Å². The molecule has 0 spiro atoms. The molecule has 10 heteroatoms. The number of imide groups is 2. The zero-order valence-electron chi connectivity index (χ0n) is 13.7. The van der Waals surface area contributed by atoms with Crippen LogP contribution < -0.4 is 10.6 Å². The predicted octanol–water partition coefficient (Wildman–Crippen LogP) is 1.43. The van der Waals surface area contributed by atoms with Crippen molar-refractivity contribution in [2.75, 3.05) is 0 Å². The molecule has 1 aromatic heterocycles. The van der Waals surface area contributed by atoms with Crippen molar-refractivity contribution in [2.45, 2.75) is 13.0 Å². The van der Waals surface area contributed by atoms with E-state index in [1.54, 1.807) is 24.3 Å². The minimum absolute atomic E-state index is 0.107. The Kier molecular flexibility index (Phi) is 5.04. The summed E-state index contributed by atoms with van der Waals surface area (Å²) in [5.74, 6) is -2.64. The quantitative estimate of drug-likeness (QED) is 0.524. The number of carbonyl (C=O) groups is 4. The van der Waals surface area contributed by atoms with Crippen molar-refractivity contribution in [1.82, 2.24) is 20.4 Å². The number of nitrogens with one attached hydrogen (secondary N) is 2. The molecule has 4 amide bonds. The number of halogens is 1. The third-order valence-corrected chi connectivity index (χ3v) is 3.96. The minimum Gasteiger partial charge on any atom is -0.481 e. The Bertz CT molecular complexity index is 956. The molecule has 27 heavy (non-hydrogen) atoms. The number of benzene rings is 1. The van der Waals surface area contributed by atoms with Gasteiger partial charge in [0.05, 0.1) is 18.7 Å². The van der Waals surface area contributed by atoms with Crippen LogP contribution in [0.3, 0.4) is 0 Å². The highest BCUT2D eigenvalue weighted by Crippen LogP contribution is 2.26. The van der Waals surface area contributed by atoms with E-state index in [2.05, 4.69) is 5.10 Å². The molecule has 1 aliphatic heterocycles. The van der Waals surface area contributed by atoms with E-state index in [1.807, 2.05) is 10.6 Å². The van der Waals surface area contributed by atoms with Crippen LogP contribution in [-0.2, 0) is 20.9 Å². The smallest absolute Gasteiger partial charge is 0.328 e. The number of urea groups is 1. The number of aromatic nitrogens is 2. The van der Waals surface area contributed by atoms with Gasteiger partial charge < -0.3 is 5.11 Å². The number of carbonyl (C=O) groups excluding carboxylic acids is 3. The first-order chi connectivity index (χ1) is 12.8. The minimum atomic E-state index is -0.983. The van der Waals surface area contributed by atoms with Gasteiger partial charge in [0, 0.05) is 22.3 Å². The van der Waals surface area contributed by atoms with Crippen molar-refractivity contribution in [2.24, 2.45) is 0 Å². The molecule has 1 aromatic carbocycles. The highest BCUT2D eigenvalue weighted by molar-refractivity contribution is 6.31. The van der Waals surface area contributed by atoms with E-state index in [-0.39, 0.29) is 18.5 Å². The topological polar surface area (TPSA) is 130 Å². The maximum atomic E-state index is 12.0. The fraction of sp³-hybridized carbons (Fsp3) is 0.118. The molecule has 1 fully saturated rings. The standard InChI is InChI=1S/C17H13ClN4O5/c18-11-3-1-9(2-4-11)14-10(8-22(21-14)6-5-13(23)24)7-12-15(25)19-17(27)20-16(12)26/h1-4,7-8H,5-6H2,(H,23,24)(H2,19,20,25,26,27). The van der Waals surface area contributed by atoms with Crippen LogP contribution in [0.2, 0.25) is 5.02 Å². The Hall–Kier alpha value is -3.46. The average Bonchev–Trinajstić information content (AvgIpc) is 3.00. The highest BCUT2D eigenvalue weighted by atomic mass is 35.5. The van der Waals surface area contributed by atoms with Gasteiger partial charge in [-0.2, -0.15) is 5.10 Å². The number of carboxylic acids is 1. The molecule has 0 atom stereocenters. The van der Waals surface area contributed by atoms with Gasteiger partial charge in [0.15, 0.2) is 0 Å². The fourth-order valence-electron chi connectivity index (χ4n) is 2.46. The summed E-state index contributed by atoms with van der Waals surface area (Å²) < 4.78 is 1.41. The third kappa shape index (κ3) is 4.21. The van der Waals surface area contributed by atoms with E-state index in [9.17, 15) is 19.2 Å². The van der Waals surface area contributed by atoms with Crippen molar-refractivity contribution in [1.29, 1.82) is 0 Å². The largest absolute Gasteiger partial charge is 0.481 e. The van der Waals surface area contributed by atoms with Crippen LogP contribution >= 0.6 is 11.6 Å². The first-order valence-electron chi connectivity index (χ1n) is 7.77. The lowest BCUT2D eigenvalue weighted by atomic mass is 10.0. The van der Waals surface area contributed by atoms with Gasteiger partial charge in [-0.15, -0.1) is 0 Å². The highest BCUT2D eigenvalue weighted by Gasteiger charge is 2.28. The zero-order chi connectivity index (χ0) is 19.6. The van der Waals surface area contributed by atoms with E-state index in [0.29, 0.717) is 21.8 Å². The van der Waals surface area contributed by atoms with Crippen molar-refractivity contribution >= 4 is 41.5 Å². The Balaban J connectivity index is 2.04. The maximum Gasteiger partial charge on any atom is 0.328 e. The monoisotopic (exact) mass is 388 g/mol. The van der Waals surface area contributed by atoms with Crippen LogP contribution in [0.5, 0.6) is 0 Å². The average molecular weight is 389 g/mol. The van der Waals surface area contributed by atoms with Gasteiger partial charge in [-0.1, -0.05) is 23.7 Å². The summed E-state index contributed by atoms with van der Waals surface area (Å²) >= 11 is 5.90. The Labute approximate surface area is 157 Å². The molecule has 3 rings (SSSR count). The number of rotatable bonds is 5. The number of aliphatic carboxylic acids is 1. The lowest BCUT2D eigenvalue weighted by molar-refractivity contribution is -0.137. The summed E-state index contributed by atoms with van der Waals surface area (Å²) in [6, 6.07) is 5.83.